The summed E-state index contributed by atoms with van der Waals surface area (Å²) in [6.45, 7) is 1.94. The fourth-order valence-electron chi connectivity index (χ4n) is 1.75. The molecule has 2 rings (SSSR count). The van der Waals surface area contributed by atoms with Gasteiger partial charge in [-0.15, -0.1) is 0 Å². The van der Waals surface area contributed by atoms with Crippen LogP contribution in [-0.4, -0.2) is 33.4 Å². The number of ether oxygens (including phenoxy) is 1. The van der Waals surface area contributed by atoms with Crippen molar-refractivity contribution < 1.29 is 19.4 Å². The molecule has 7 heteroatoms. The van der Waals surface area contributed by atoms with E-state index in [9.17, 15) is 9.59 Å². The van der Waals surface area contributed by atoms with Gasteiger partial charge in [0.2, 0.25) is 0 Å². The van der Waals surface area contributed by atoms with Gasteiger partial charge in [-0.05, 0) is 19.1 Å². The summed E-state index contributed by atoms with van der Waals surface area (Å²) in [7, 11) is 0. The van der Waals surface area contributed by atoms with Crippen molar-refractivity contribution in [2.45, 2.75) is 6.92 Å². The van der Waals surface area contributed by atoms with E-state index in [1.807, 2.05) is 0 Å². The summed E-state index contributed by atoms with van der Waals surface area (Å²) in [6.07, 6.45) is 2.69. The zero-order valence-corrected chi connectivity index (χ0v) is 10.7. The molecule has 0 aliphatic rings. The van der Waals surface area contributed by atoms with Gasteiger partial charge in [0.15, 0.2) is 0 Å². The molecule has 0 atom stereocenters. The summed E-state index contributed by atoms with van der Waals surface area (Å²) in [5.41, 5.74) is 6.50. The number of carboxylic acids is 1. The molecule has 0 spiro atoms. The molecular weight excluding hydrogens is 262 g/mol. The number of hydrogen-bond acceptors (Lipinski definition) is 5. The van der Waals surface area contributed by atoms with E-state index in [1.54, 1.807) is 13.0 Å². The van der Waals surface area contributed by atoms with Crippen molar-refractivity contribution in [3.63, 3.8) is 0 Å². The van der Waals surface area contributed by atoms with Gasteiger partial charge in [-0.1, -0.05) is 6.07 Å². The van der Waals surface area contributed by atoms with Crippen LogP contribution in [0.25, 0.3) is 5.69 Å². The number of esters is 1. The molecule has 0 aliphatic heterocycles. The number of nitrogen functional groups attached to an aromatic ring is 1. The number of nitrogens with two attached hydrogens (primary N) is 1. The molecule has 7 nitrogen and oxygen atoms in total. The van der Waals surface area contributed by atoms with E-state index in [1.165, 1.54) is 29.2 Å². The number of anilines is 1. The highest BCUT2D eigenvalue weighted by Gasteiger charge is 2.17. The Morgan fingerprint density at radius 3 is 2.85 bits per heavy atom. The maximum absolute atomic E-state index is 11.6. The van der Waals surface area contributed by atoms with Crippen LogP contribution in [0.1, 0.15) is 27.6 Å². The van der Waals surface area contributed by atoms with Gasteiger partial charge in [-0.3, -0.25) is 0 Å². The van der Waals surface area contributed by atoms with Crippen molar-refractivity contribution in [3.8, 4) is 5.69 Å². The number of carbonyl (C=O) groups excluding carboxylic acids is 1. The number of benzene rings is 1. The predicted molar refractivity (Wildman–Crippen MR) is 70.9 cm³/mol. The average Bonchev–Trinajstić information content (AvgIpc) is 2.88. The maximum atomic E-state index is 11.6. The Kier molecular flexibility index (Phi) is 3.69. The first-order valence-corrected chi connectivity index (χ1v) is 5.88. The first-order valence-electron chi connectivity index (χ1n) is 5.88. The summed E-state index contributed by atoms with van der Waals surface area (Å²) >= 11 is 0. The second-order valence-electron chi connectivity index (χ2n) is 3.94. The van der Waals surface area contributed by atoms with Crippen molar-refractivity contribution in [1.29, 1.82) is 0 Å². The maximum Gasteiger partial charge on any atom is 0.341 e. The summed E-state index contributed by atoms with van der Waals surface area (Å²) in [5, 5.41) is 13.1. The van der Waals surface area contributed by atoms with Gasteiger partial charge in [-0.2, -0.15) is 5.10 Å². The van der Waals surface area contributed by atoms with Gasteiger partial charge in [0.1, 0.15) is 5.69 Å². The minimum absolute atomic E-state index is 0.00325. The van der Waals surface area contributed by atoms with Crippen molar-refractivity contribution in [3.05, 3.63) is 41.7 Å². The highest BCUT2D eigenvalue weighted by atomic mass is 16.5. The van der Waals surface area contributed by atoms with E-state index in [4.69, 9.17) is 15.6 Å². The van der Waals surface area contributed by atoms with Crippen molar-refractivity contribution in [1.82, 2.24) is 9.78 Å². The molecule has 3 N–H and O–H groups in total. The van der Waals surface area contributed by atoms with Gasteiger partial charge in [0.05, 0.1) is 29.6 Å². The molecular formula is C13H13N3O4. The lowest BCUT2D eigenvalue weighted by atomic mass is 10.1. The summed E-state index contributed by atoms with van der Waals surface area (Å²) in [4.78, 5) is 22.8. The van der Waals surface area contributed by atoms with Gasteiger partial charge in [0, 0.05) is 6.20 Å². The fraction of sp³-hybridized carbons (Fsp3) is 0.154. The van der Waals surface area contributed by atoms with Crippen LogP contribution in [-0.2, 0) is 4.74 Å². The smallest absolute Gasteiger partial charge is 0.341 e. The molecule has 0 saturated carbocycles. The van der Waals surface area contributed by atoms with Gasteiger partial charge >= 0.3 is 11.9 Å². The largest absolute Gasteiger partial charge is 0.478 e. The van der Waals surface area contributed by atoms with Crippen LogP contribution in [0, 0.1) is 0 Å². The molecule has 0 aliphatic carbocycles. The Morgan fingerprint density at radius 1 is 1.45 bits per heavy atom. The van der Waals surface area contributed by atoms with Crippen LogP contribution < -0.4 is 5.73 Å². The minimum Gasteiger partial charge on any atom is -0.478 e. The number of aromatic carboxylic acids is 1. The molecule has 0 fully saturated rings. The average molecular weight is 275 g/mol. The molecule has 0 unspecified atom stereocenters. The Labute approximate surface area is 114 Å². The van der Waals surface area contributed by atoms with Crippen LogP contribution in [0.3, 0.4) is 0 Å². The van der Waals surface area contributed by atoms with Crippen molar-refractivity contribution in [2.75, 3.05) is 12.3 Å². The fourth-order valence-corrected chi connectivity index (χ4v) is 1.75. The number of para-hydroxylation sites is 1. The van der Waals surface area contributed by atoms with E-state index in [-0.39, 0.29) is 29.1 Å². The van der Waals surface area contributed by atoms with Crippen LogP contribution in [0.15, 0.2) is 30.6 Å². The number of hydrogen-bond donors (Lipinski definition) is 2. The zero-order valence-electron chi connectivity index (χ0n) is 10.7. The lowest BCUT2D eigenvalue weighted by molar-refractivity contribution is 0.0526. The molecule has 1 aromatic heterocycles. The standard InChI is InChI=1S/C13H13N3O4/c1-2-20-13(19)8-6-15-16(7-8)11-9(12(17)18)4-3-5-10(11)14/h3-7H,2,14H2,1H3,(H,17,18). The minimum atomic E-state index is -1.12. The molecule has 20 heavy (non-hydrogen) atoms. The SMILES string of the molecule is CCOC(=O)c1cnn(-c2c(N)cccc2C(=O)O)c1. The van der Waals surface area contributed by atoms with Gasteiger partial charge in [0.25, 0.3) is 0 Å². The predicted octanol–water partition coefficient (Wildman–Crippen LogP) is 1.33. The lowest BCUT2D eigenvalue weighted by Gasteiger charge is -2.08. The number of carbonyl (C=O) groups is 2. The van der Waals surface area contributed by atoms with Crippen LogP contribution in [0.4, 0.5) is 5.69 Å². The number of nitrogens with zero attached hydrogens (tertiary/aromatic N) is 2. The van der Waals surface area contributed by atoms with Crippen LogP contribution >= 0.6 is 0 Å². The quantitative estimate of drug-likeness (QED) is 0.643. The molecule has 1 heterocycles. The Balaban J connectivity index is 2.47. The Hall–Kier alpha value is -2.83. The highest BCUT2D eigenvalue weighted by molar-refractivity contribution is 5.95. The Morgan fingerprint density at radius 2 is 2.20 bits per heavy atom. The monoisotopic (exact) mass is 275 g/mol. The molecule has 0 saturated heterocycles. The van der Waals surface area contributed by atoms with E-state index in [0.717, 1.165) is 0 Å². The van der Waals surface area contributed by atoms with E-state index in [2.05, 4.69) is 5.10 Å². The third kappa shape index (κ3) is 2.46. The number of carboxylic acid groups (broad SMARTS) is 1. The normalized spacial score (nSPS) is 10.2. The third-order valence-corrected chi connectivity index (χ3v) is 2.62. The molecule has 0 bridgehead atoms. The molecule has 104 valence electrons. The molecule has 1 aromatic carbocycles. The van der Waals surface area contributed by atoms with E-state index >= 15 is 0 Å². The first kappa shape index (κ1) is 13.6. The second kappa shape index (κ2) is 5.43. The van der Waals surface area contributed by atoms with Gasteiger partial charge in [-0.25, -0.2) is 14.3 Å². The number of aromatic nitrogens is 2. The van der Waals surface area contributed by atoms with Crippen molar-refractivity contribution in [2.24, 2.45) is 0 Å². The third-order valence-electron chi connectivity index (χ3n) is 2.62. The zero-order chi connectivity index (χ0) is 14.7. The van der Waals surface area contributed by atoms with Crippen LogP contribution in [0.5, 0.6) is 0 Å². The highest BCUT2D eigenvalue weighted by Crippen LogP contribution is 2.22. The van der Waals surface area contributed by atoms with Crippen LogP contribution in [0.2, 0.25) is 0 Å². The summed E-state index contributed by atoms with van der Waals surface area (Å²) in [6, 6.07) is 4.52. The second-order valence-corrected chi connectivity index (χ2v) is 3.94. The van der Waals surface area contributed by atoms with Gasteiger partial charge < -0.3 is 15.6 Å². The summed E-state index contributed by atoms with van der Waals surface area (Å²) in [5.74, 6) is -1.65. The topological polar surface area (TPSA) is 107 Å². The summed E-state index contributed by atoms with van der Waals surface area (Å²) < 4.78 is 6.10. The van der Waals surface area contributed by atoms with E-state index in [0.29, 0.717) is 0 Å². The molecule has 0 radical (unpaired) electrons. The van der Waals surface area contributed by atoms with E-state index < -0.39 is 11.9 Å². The molecule has 2 aromatic rings. The van der Waals surface area contributed by atoms with Crippen molar-refractivity contribution >= 4 is 17.6 Å². The number of rotatable bonds is 4. The first-order chi connectivity index (χ1) is 9.54. The Bertz CT molecular complexity index is 663. The lowest BCUT2D eigenvalue weighted by Crippen LogP contribution is -2.09. The molecule has 0 amide bonds.